The lowest BCUT2D eigenvalue weighted by Crippen LogP contribution is -2.38. The molecule has 2 aliphatic rings. The second-order valence-corrected chi connectivity index (χ2v) is 3.87. The number of carbonyl (C=O) groups is 1. The van der Waals surface area contributed by atoms with Crippen molar-refractivity contribution in [2.24, 2.45) is 0 Å². The first-order chi connectivity index (χ1) is 6.83. The van der Waals surface area contributed by atoms with Crippen LogP contribution in [0.15, 0.2) is 24.3 Å². The molecule has 2 atom stereocenters. The van der Waals surface area contributed by atoms with Gasteiger partial charge < -0.3 is 10.1 Å². The minimum atomic E-state index is -0.271. The molecule has 1 heterocycles. The number of fused-ring (bicyclic) bond motifs is 2. The fraction of sp³-hybridized carbons (Fsp3) is 0.364. The lowest BCUT2D eigenvalue weighted by atomic mass is 9.87. The number of carbonyl (C=O) groups excluding carboxylic acids is 1. The first kappa shape index (κ1) is 7.85. The molecule has 1 amide bonds. The van der Waals surface area contributed by atoms with Gasteiger partial charge in [-0.25, -0.2) is 4.79 Å². The van der Waals surface area contributed by atoms with Crippen LogP contribution < -0.4 is 5.32 Å². The standard InChI is InChI=1S/C11H11NO2/c13-11-12-9-5-7-3-1-2-4-8(7)6-10(9)14-11/h1-4,9-10H,5-6H2,(H,12,13)/t9-,10-/m0/s1. The monoisotopic (exact) mass is 189 g/mol. The molecule has 1 fully saturated rings. The quantitative estimate of drug-likeness (QED) is 0.667. The lowest BCUT2D eigenvalue weighted by molar-refractivity contribution is 0.128. The highest BCUT2D eigenvalue weighted by Crippen LogP contribution is 2.26. The molecule has 0 saturated carbocycles. The second-order valence-electron chi connectivity index (χ2n) is 3.87. The molecule has 1 N–H and O–H groups in total. The van der Waals surface area contributed by atoms with Crippen LogP contribution in [0.2, 0.25) is 0 Å². The third-order valence-electron chi connectivity index (χ3n) is 2.99. The largest absolute Gasteiger partial charge is 0.444 e. The third-order valence-corrected chi connectivity index (χ3v) is 2.99. The van der Waals surface area contributed by atoms with Crippen LogP contribution in [-0.4, -0.2) is 18.2 Å². The number of benzene rings is 1. The van der Waals surface area contributed by atoms with Crippen LogP contribution in [0.1, 0.15) is 11.1 Å². The van der Waals surface area contributed by atoms with E-state index in [9.17, 15) is 4.79 Å². The van der Waals surface area contributed by atoms with E-state index in [1.165, 1.54) is 11.1 Å². The molecule has 1 aromatic carbocycles. The van der Waals surface area contributed by atoms with Crippen molar-refractivity contribution < 1.29 is 9.53 Å². The van der Waals surface area contributed by atoms with Gasteiger partial charge in [0.1, 0.15) is 6.10 Å². The van der Waals surface area contributed by atoms with Crippen molar-refractivity contribution in [2.75, 3.05) is 0 Å². The molecule has 1 saturated heterocycles. The van der Waals surface area contributed by atoms with Crippen LogP contribution in [0.3, 0.4) is 0 Å². The molecule has 0 unspecified atom stereocenters. The van der Waals surface area contributed by atoms with Gasteiger partial charge in [0.25, 0.3) is 0 Å². The van der Waals surface area contributed by atoms with E-state index >= 15 is 0 Å². The van der Waals surface area contributed by atoms with Crippen LogP contribution in [0.5, 0.6) is 0 Å². The van der Waals surface area contributed by atoms with Gasteiger partial charge in [-0.05, 0) is 17.5 Å². The van der Waals surface area contributed by atoms with E-state index in [0.717, 1.165) is 12.8 Å². The van der Waals surface area contributed by atoms with Gasteiger partial charge in [-0.1, -0.05) is 24.3 Å². The summed E-state index contributed by atoms with van der Waals surface area (Å²) in [5.74, 6) is 0. The summed E-state index contributed by atoms with van der Waals surface area (Å²) in [5, 5.41) is 2.84. The maximum Gasteiger partial charge on any atom is 0.407 e. The van der Waals surface area contributed by atoms with E-state index in [0.29, 0.717) is 0 Å². The Morgan fingerprint density at radius 2 is 1.93 bits per heavy atom. The Labute approximate surface area is 82.1 Å². The second kappa shape index (κ2) is 2.74. The average Bonchev–Trinajstić information content (AvgIpc) is 2.53. The summed E-state index contributed by atoms with van der Waals surface area (Å²) in [6.07, 6.45) is 1.51. The Hall–Kier alpha value is -1.51. The van der Waals surface area contributed by atoms with E-state index in [2.05, 4.69) is 17.4 Å². The molecule has 1 aromatic rings. The number of rotatable bonds is 0. The molecular weight excluding hydrogens is 178 g/mol. The van der Waals surface area contributed by atoms with Crippen LogP contribution in [-0.2, 0) is 17.6 Å². The number of amides is 1. The van der Waals surface area contributed by atoms with Crippen molar-refractivity contribution >= 4 is 6.09 Å². The predicted molar refractivity (Wildman–Crippen MR) is 51.0 cm³/mol. The summed E-state index contributed by atoms with van der Waals surface area (Å²) in [4.78, 5) is 11.0. The normalized spacial score (nSPS) is 28.7. The topological polar surface area (TPSA) is 38.3 Å². The first-order valence-corrected chi connectivity index (χ1v) is 4.87. The molecule has 14 heavy (non-hydrogen) atoms. The summed E-state index contributed by atoms with van der Waals surface area (Å²) >= 11 is 0. The zero-order valence-corrected chi connectivity index (χ0v) is 7.69. The SMILES string of the molecule is O=C1N[C@H]2Cc3ccccc3C[C@@H]2O1. The molecule has 0 aromatic heterocycles. The van der Waals surface area contributed by atoms with Crippen molar-refractivity contribution in [3.8, 4) is 0 Å². The Kier molecular flexibility index (Phi) is 1.54. The Morgan fingerprint density at radius 3 is 2.71 bits per heavy atom. The first-order valence-electron chi connectivity index (χ1n) is 4.87. The van der Waals surface area contributed by atoms with Gasteiger partial charge in [0.15, 0.2) is 0 Å². The number of hydrogen-bond donors (Lipinski definition) is 1. The number of ether oxygens (including phenoxy) is 1. The Bertz CT molecular complexity index is 354. The minimum Gasteiger partial charge on any atom is -0.444 e. The zero-order valence-electron chi connectivity index (χ0n) is 7.69. The van der Waals surface area contributed by atoms with Gasteiger partial charge >= 0.3 is 6.09 Å². The van der Waals surface area contributed by atoms with Gasteiger partial charge in [0, 0.05) is 6.42 Å². The highest BCUT2D eigenvalue weighted by Gasteiger charge is 2.37. The lowest BCUT2D eigenvalue weighted by Gasteiger charge is -2.24. The Balaban J connectivity index is 1.95. The van der Waals surface area contributed by atoms with Gasteiger partial charge in [0.05, 0.1) is 6.04 Å². The van der Waals surface area contributed by atoms with Crippen LogP contribution in [0.25, 0.3) is 0 Å². The third kappa shape index (κ3) is 1.09. The smallest absolute Gasteiger partial charge is 0.407 e. The summed E-state index contributed by atoms with van der Waals surface area (Å²) in [5.41, 5.74) is 2.64. The highest BCUT2D eigenvalue weighted by atomic mass is 16.6. The molecule has 0 spiro atoms. The molecule has 72 valence electrons. The molecule has 0 radical (unpaired) electrons. The van der Waals surface area contributed by atoms with Crippen molar-refractivity contribution in [1.82, 2.24) is 5.32 Å². The van der Waals surface area contributed by atoms with E-state index in [1.54, 1.807) is 0 Å². The molecule has 3 nitrogen and oxygen atoms in total. The van der Waals surface area contributed by atoms with E-state index in [1.807, 2.05) is 12.1 Å². The zero-order chi connectivity index (χ0) is 9.54. The van der Waals surface area contributed by atoms with Gasteiger partial charge in [-0.3, -0.25) is 0 Å². The Morgan fingerprint density at radius 1 is 1.21 bits per heavy atom. The molecule has 1 aliphatic carbocycles. The number of alkyl carbamates (subject to hydrolysis) is 1. The molecular formula is C11H11NO2. The summed E-state index contributed by atoms with van der Waals surface area (Å²) in [7, 11) is 0. The summed E-state index contributed by atoms with van der Waals surface area (Å²) in [6, 6.07) is 8.48. The highest BCUT2D eigenvalue weighted by molar-refractivity contribution is 5.70. The van der Waals surface area contributed by atoms with Crippen molar-refractivity contribution in [2.45, 2.75) is 25.0 Å². The van der Waals surface area contributed by atoms with Crippen molar-refractivity contribution in [1.29, 1.82) is 0 Å². The predicted octanol–water partition coefficient (Wildman–Crippen LogP) is 1.26. The number of hydrogen-bond acceptors (Lipinski definition) is 2. The van der Waals surface area contributed by atoms with Gasteiger partial charge in [-0.15, -0.1) is 0 Å². The maximum absolute atomic E-state index is 11.0. The molecule has 0 bridgehead atoms. The van der Waals surface area contributed by atoms with E-state index < -0.39 is 0 Å². The van der Waals surface area contributed by atoms with Crippen molar-refractivity contribution in [3.05, 3.63) is 35.4 Å². The van der Waals surface area contributed by atoms with E-state index in [-0.39, 0.29) is 18.2 Å². The van der Waals surface area contributed by atoms with Crippen LogP contribution >= 0.6 is 0 Å². The molecule has 3 rings (SSSR count). The maximum atomic E-state index is 11.0. The molecule has 3 heteroatoms. The average molecular weight is 189 g/mol. The van der Waals surface area contributed by atoms with E-state index in [4.69, 9.17) is 4.74 Å². The summed E-state index contributed by atoms with van der Waals surface area (Å²) in [6.45, 7) is 0. The summed E-state index contributed by atoms with van der Waals surface area (Å²) < 4.78 is 5.17. The van der Waals surface area contributed by atoms with Crippen LogP contribution in [0, 0.1) is 0 Å². The van der Waals surface area contributed by atoms with Gasteiger partial charge in [-0.2, -0.15) is 0 Å². The molecule has 1 aliphatic heterocycles. The minimum absolute atomic E-state index is 0.0393. The van der Waals surface area contributed by atoms with Gasteiger partial charge in [0.2, 0.25) is 0 Å². The fourth-order valence-electron chi connectivity index (χ4n) is 2.27. The van der Waals surface area contributed by atoms with Crippen molar-refractivity contribution in [3.63, 3.8) is 0 Å². The van der Waals surface area contributed by atoms with Crippen LogP contribution in [0.4, 0.5) is 4.79 Å². The fourth-order valence-corrected chi connectivity index (χ4v) is 2.27. The number of nitrogens with one attached hydrogen (secondary N) is 1.